The summed E-state index contributed by atoms with van der Waals surface area (Å²) >= 11 is 0. The van der Waals surface area contributed by atoms with Crippen LogP contribution in [0.15, 0.2) is 55.2 Å². The average molecular weight is 454 g/mol. The highest BCUT2D eigenvalue weighted by atomic mass is 16.5. The monoisotopic (exact) mass is 453 g/mol. The summed E-state index contributed by atoms with van der Waals surface area (Å²) in [6.45, 7) is 4.28. The fourth-order valence-electron chi connectivity index (χ4n) is 5.07. The Bertz CT molecular complexity index is 1350. The number of nitrogens with zero attached hydrogens (tertiary/aromatic N) is 7. The van der Waals surface area contributed by atoms with Crippen LogP contribution in [0.25, 0.3) is 16.6 Å². The van der Waals surface area contributed by atoms with Gasteiger partial charge in [-0.15, -0.1) is 0 Å². The van der Waals surface area contributed by atoms with Gasteiger partial charge >= 0.3 is 6.01 Å². The molecule has 4 aromatic heterocycles. The molecule has 2 saturated heterocycles. The smallest absolute Gasteiger partial charge is 0.316 e. The van der Waals surface area contributed by atoms with E-state index < -0.39 is 0 Å². The standard InChI is InChI=1S/C25H23N7O2/c1-2-33-20-9-21(23-19(10-26)12-30-32(23)15-20)16-4-5-22(29-11-16)31-13-17-8-18(14-31)24(17)34-25-27-6-3-7-28-25/h3-7,9,11-12,15,17-18,24H,2,8,13-14H2,1H3. The second-order valence-electron chi connectivity index (χ2n) is 8.67. The van der Waals surface area contributed by atoms with Crippen molar-refractivity contribution < 1.29 is 9.47 Å². The molecule has 0 aromatic carbocycles. The predicted molar refractivity (Wildman–Crippen MR) is 125 cm³/mol. The molecule has 6 heterocycles. The Hall–Kier alpha value is -4.19. The number of hydrogen-bond acceptors (Lipinski definition) is 8. The van der Waals surface area contributed by atoms with Crippen LogP contribution in [0.2, 0.25) is 0 Å². The normalized spacial score (nSPS) is 21.1. The topological polar surface area (TPSA) is 101 Å². The third-order valence-electron chi connectivity index (χ3n) is 6.63. The maximum absolute atomic E-state index is 9.55. The molecule has 0 radical (unpaired) electrons. The van der Waals surface area contributed by atoms with E-state index in [4.69, 9.17) is 14.5 Å². The van der Waals surface area contributed by atoms with Crippen LogP contribution in [0.4, 0.5) is 5.82 Å². The Labute approximate surface area is 196 Å². The third kappa shape index (κ3) is 3.48. The number of pyridine rings is 2. The van der Waals surface area contributed by atoms with Crippen molar-refractivity contribution in [1.29, 1.82) is 5.26 Å². The number of aromatic nitrogens is 5. The molecule has 9 nitrogen and oxygen atoms in total. The second kappa shape index (κ2) is 8.30. The van der Waals surface area contributed by atoms with Crippen LogP contribution < -0.4 is 14.4 Å². The zero-order valence-electron chi connectivity index (χ0n) is 18.7. The minimum absolute atomic E-state index is 0.166. The van der Waals surface area contributed by atoms with Gasteiger partial charge in [0, 0.05) is 54.6 Å². The van der Waals surface area contributed by atoms with E-state index in [0.29, 0.717) is 35.8 Å². The van der Waals surface area contributed by atoms with Gasteiger partial charge in [0.05, 0.1) is 30.1 Å². The molecule has 1 saturated carbocycles. The van der Waals surface area contributed by atoms with E-state index in [1.54, 1.807) is 35.4 Å². The highest BCUT2D eigenvalue weighted by Crippen LogP contribution is 2.43. The number of fused-ring (bicyclic) bond motifs is 3. The number of hydrogen-bond donors (Lipinski definition) is 0. The average Bonchev–Trinajstić information content (AvgIpc) is 3.31. The maximum atomic E-state index is 9.55. The number of rotatable bonds is 6. The summed E-state index contributed by atoms with van der Waals surface area (Å²) in [6, 6.07) is 10.5. The van der Waals surface area contributed by atoms with Gasteiger partial charge in [0.2, 0.25) is 0 Å². The molecule has 0 amide bonds. The van der Waals surface area contributed by atoms with E-state index in [1.165, 1.54) is 0 Å². The van der Waals surface area contributed by atoms with Crippen LogP contribution in [-0.2, 0) is 0 Å². The Morgan fingerprint density at radius 2 is 1.94 bits per heavy atom. The van der Waals surface area contributed by atoms with E-state index in [0.717, 1.165) is 42.0 Å². The lowest BCUT2D eigenvalue weighted by molar-refractivity contribution is -0.0396. The molecule has 1 aliphatic carbocycles. The summed E-state index contributed by atoms with van der Waals surface area (Å²) in [6.07, 6.45) is 9.97. The van der Waals surface area contributed by atoms with Crippen molar-refractivity contribution in [1.82, 2.24) is 24.6 Å². The van der Waals surface area contributed by atoms with E-state index in [9.17, 15) is 5.26 Å². The summed E-state index contributed by atoms with van der Waals surface area (Å²) in [5, 5.41) is 13.9. The molecule has 3 aliphatic rings. The Balaban J connectivity index is 1.23. The van der Waals surface area contributed by atoms with Gasteiger partial charge in [-0.2, -0.15) is 10.4 Å². The minimum atomic E-state index is 0.166. The molecule has 2 unspecified atom stereocenters. The first-order valence-electron chi connectivity index (χ1n) is 11.4. The number of nitriles is 1. The predicted octanol–water partition coefficient (Wildman–Crippen LogP) is 3.36. The molecule has 9 heteroatoms. The first kappa shape index (κ1) is 20.4. The van der Waals surface area contributed by atoms with Gasteiger partial charge in [-0.05, 0) is 37.6 Å². The van der Waals surface area contributed by atoms with Gasteiger partial charge < -0.3 is 14.4 Å². The molecule has 0 N–H and O–H groups in total. The highest BCUT2D eigenvalue weighted by Gasteiger charge is 2.49. The van der Waals surface area contributed by atoms with Crippen LogP contribution in [-0.4, -0.2) is 50.4 Å². The zero-order valence-corrected chi connectivity index (χ0v) is 18.7. The molecule has 4 aromatic rings. The van der Waals surface area contributed by atoms with Crippen molar-refractivity contribution in [3.8, 4) is 29.0 Å². The Kier molecular flexibility index (Phi) is 4.99. The lowest BCUT2D eigenvalue weighted by Gasteiger charge is -2.52. The molecule has 7 rings (SSSR count). The lowest BCUT2D eigenvalue weighted by atomic mass is 9.68. The fraction of sp³-hybridized carbons (Fsp3) is 0.320. The second-order valence-corrected chi connectivity index (χ2v) is 8.67. The number of ether oxygens (including phenoxy) is 2. The van der Waals surface area contributed by atoms with Crippen LogP contribution in [0.3, 0.4) is 0 Å². The first-order chi connectivity index (χ1) is 16.7. The van der Waals surface area contributed by atoms with Crippen LogP contribution in [0.1, 0.15) is 18.9 Å². The van der Waals surface area contributed by atoms with E-state index in [1.807, 2.05) is 31.3 Å². The molecule has 2 bridgehead atoms. The quantitative estimate of drug-likeness (QED) is 0.438. The van der Waals surface area contributed by atoms with Crippen LogP contribution in [0, 0.1) is 23.2 Å². The van der Waals surface area contributed by atoms with Crippen molar-refractivity contribution in [2.24, 2.45) is 11.8 Å². The molecule has 34 heavy (non-hydrogen) atoms. The molecule has 3 fully saturated rings. The van der Waals surface area contributed by atoms with Gasteiger partial charge in [0.1, 0.15) is 23.7 Å². The summed E-state index contributed by atoms with van der Waals surface area (Å²) in [5.41, 5.74) is 3.06. The summed E-state index contributed by atoms with van der Waals surface area (Å²) in [7, 11) is 0. The molecular weight excluding hydrogens is 430 g/mol. The SMILES string of the molecule is CCOc1cc(-c2ccc(N3CC4CC(C3)C4Oc3ncccn3)nc2)c2c(C#N)cnn2c1. The van der Waals surface area contributed by atoms with Crippen molar-refractivity contribution >= 4 is 11.3 Å². The number of piperidine rings is 2. The van der Waals surface area contributed by atoms with Crippen LogP contribution >= 0.6 is 0 Å². The molecule has 0 spiro atoms. The molecule has 2 aliphatic heterocycles. The highest BCUT2D eigenvalue weighted by molar-refractivity contribution is 5.85. The Morgan fingerprint density at radius 3 is 2.65 bits per heavy atom. The maximum Gasteiger partial charge on any atom is 0.316 e. The summed E-state index contributed by atoms with van der Waals surface area (Å²) in [5.74, 6) is 2.53. The summed E-state index contributed by atoms with van der Waals surface area (Å²) in [4.78, 5) is 15.5. The van der Waals surface area contributed by atoms with Crippen molar-refractivity contribution in [2.45, 2.75) is 19.4 Å². The van der Waals surface area contributed by atoms with E-state index in [2.05, 4.69) is 26.0 Å². The van der Waals surface area contributed by atoms with Crippen molar-refractivity contribution in [3.05, 3.63) is 60.8 Å². The first-order valence-corrected chi connectivity index (χ1v) is 11.4. The van der Waals surface area contributed by atoms with Crippen molar-refractivity contribution in [3.63, 3.8) is 0 Å². The molecule has 170 valence electrons. The third-order valence-corrected chi connectivity index (χ3v) is 6.63. The largest absolute Gasteiger partial charge is 0.492 e. The van der Waals surface area contributed by atoms with Crippen LogP contribution in [0.5, 0.6) is 11.8 Å². The van der Waals surface area contributed by atoms with Gasteiger partial charge in [-0.25, -0.2) is 19.5 Å². The van der Waals surface area contributed by atoms with Gasteiger partial charge in [-0.3, -0.25) is 0 Å². The summed E-state index contributed by atoms with van der Waals surface area (Å²) < 4.78 is 13.5. The lowest BCUT2D eigenvalue weighted by Crippen LogP contribution is -2.60. The van der Waals surface area contributed by atoms with Crippen molar-refractivity contribution in [2.75, 3.05) is 24.6 Å². The zero-order chi connectivity index (χ0) is 23.1. The minimum Gasteiger partial charge on any atom is -0.492 e. The van der Waals surface area contributed by atoms with Gasteiger partial charge in [-0.1, -0.05) is 0 Å². The number of anilines is 1. The van der Waals surface area contributed by atoms with E-state index in [-0.39, 0.29) is 6.10 Å². The van der Waals surface area contributed by atoms with Gasteiger partial charge in [0.15, 0.2) is 0 Å². The molecule has 2 atom stereocenters. The Morgan fingerprint density at radius 1 is 1.12 bits per heavy atom. The van der Waals surface area contributed by atoms with E-state index >= 15 is 0 Å². The fourth-order valence-corrected chi connectivity index (χ4v) is 5.07. The molecular formula is C25H23N7O2. The van der Waals surface area contributed by atoms with Gasteiger partial charge in [0.25, 0.3) is 0 Å².